The summed E-state index contributed by atoms with van der Waals surface area (Å²) in [7, 11) is 2.12. The molecule has 1 N–H and O–H groups in total. The molecule has 0 fully saturated rings. The van der Waals surface area contributed by atoms with Crippen LogP contribution < -0.4 is 5.32 Å². The topological polar surface area (TPSA) is 12.0 Å². The smallest absolute Gasteiger partial charge is 0.0276 e. The van der Waals surface area contributed by atoms with Gasteiger partial charge < -0.3 is 5.32 Å². The number of aryl methyl sites for hydroxylation is 1. The summed E-state index contributed by atoms with van der Waals surface area (Å²) in [4.78, 5) is 1.53. The SMILES string of the molecule is CNC(CCCc1cccs1)/C1=C/CCCCCC1. The maximum absolute atomic E-state index is 3.54. The second kappa shape index (κ2) is 8.55. The van der Waals surface area contributed by atoms with Gasteiger partial charge in [-0.05, 0) is 63.4 Å². The van der Waals surface area contributed by atoms with Gasteiger partial charge in [0.2, 0.25) is 0 Å². The molecule has 1 aromatic rings. The molecule has 0 bridgehead atoms. The van der Waals surface area contributed by atoms with Crippen molar-refractivity contribution >= 4 is 11.3 Å². The van der Waals surface area contributed by atoms with Crippen LogP contribution in [0.5, 0.6) is 0 Å². The van der Waals surface area contributed by atoms with E-state index in [1.54, 1.807) is 5.57 Å². The van der Waals surface area contributed by atoms with Crippen molar-refractivity contribution in [2.45, 2.75) is 63.8 Å². The molecule has 2 rings (SSSR count). The Bertz CT molecular complexity index is 367. The van der Waals surface area contributed by atoms with E-state index in [-0.39, 0.29) is 0 Å². The van der Waals surface area contributed by atoms with Crippen molar-refractivity contribution < 1.29 is 0 Å². The number of rotatable bonds is 6. The van der Waals surface area contributed by atoms with Crippen LogP contribution in [0.1, 0.15) is 56.2 Å². The van der Waals surface area contributed by atoms with Crippen molar-refractivity contribution in [2.75, 3.05) is 7.05 Å². The van der Waals surface area contributed by atoms with E-state index in [0.717, 1.165) is 0 Å². The third-order valence-corrected chi connectivity index (χ3v) is 5.05. The lowest BCUT2D eigenvalue weighted by Gasteiger charge is -2.21. The first-order chi connectivity index (χ1) is 9.40. The van der Waals surface area contributed by atoms with Crippen LogP contribution in [0.2, 0.25) is 0 Å². The summed E-state index contributed by atoms with van der Waals surface area (Å²) in [5.74, 6) is 0. The Balaban J connectivity index is 1.80. The van der Waals surface area contributed by atoms with Crippen molar-refractivity contribution in [3.63, 3.8) is 0 Å². The zero-order valence-corrected chi connectivity index (χ0v) is 13.0. The fraction of sp³-hybridized carbons (Fsp3) is 0.647. The number of allylic oxidation sites excluding steroid dienone is 1. The number of hydrogen-bond donors (Lipinski definition) is 1. The molecular weight excluding hydrogens is 250 g/mol. The Hall–Kier alpha value is -0.600. The number of nitrogens with one attached hydrogen (secondary N) is 1. The summed E-state index contributed by atoms with van der Waals surface area (Å²) >= 11 is 1.89. The first kappa shape index (κ1) is 14.8. The molecular formula is C17H27NS. The number of hydrogen-bond acceptors (Lipinski definition) is 2. The average molecular weight is 277 g/mol. The molecule has 1 aliphatic rings. The van der Waals surface area contributed by atoms with Gasteiger partial charge in [0.15, 0.2) is 0 Å². The molecule has 1 aromatic heterocycles. The molecule has 106 valence electrons. The van der Waals surface area contributed by atoms with Crippen LogP contribution >= 0.6 is 11.3 Å². The quantitative estimate of drug-likeness (QED) is 0.726. The van der Waals surface area contributed by atoms with E-state index in [0.29, 0.717) is 6.04 Å². The fourth-order valence-electron chi connectivity index (χ4n) is 2.98. The summed E-state index contributed by atoms with van der Waals surface area (Å²) in [5, 5.41) is 5.72. The largest absolute Gasteiger partial charge is 0.313 e. The molecule has 0 spiro atoms. The van der Waals surface area contributed by atoms with Crippen LogP contribution in [0.3, 0.4) is 0 Å². The molecule has 0 aliphatic heterocycles. The molecule has 2 heteroatoms. The van der Waals surface area contributed by atoms with Crippen LogP contribution in [0, 0.1) is 0 Å². The van der Waals surface area contributed by atoms with Crippen LogP contribution in [-0.4, -0.2) is 13.1 Å². The summed E-state index contributed by atoms with van der Waals surface area (Å²) in [6.07, 6.45) is 14.5. The van der Waals surface area contributed by atoms with Gasteiger partial charge in [-0.25, -0.2) is 0 Å². The number of thiophene rings is 1. The second-order valence-electron chi connectivity index (χ2n) is 5.54. The van der Waals surface area contributed by atoms with E-state index in [4.69, 9.17) is 0 Å². The van der Waals surface area contributed by atoms with Gasteiger partial charge in [0.25, 0.3) is 0 Å². The Labute approximate surface area is 122 Å². The molecule has 1 nitrogen and oxygen atoms in total. The highest BCUT2D eigenvalue weighted by atomic mass is 32.1. The third kappa shape index (κ3) is 5.12. The van der Waals surface area contributed by atoms with Crippen LogP contribution in [0.4, 0.5) is 0 Å². The normalized spacial score (nSPS) is 21.2. The molecule has 0 amide bonds. The van der Waals surface area contributed by atoms with E-state index in [1.807, 2.05) is 11.3 Å². The summed E-state index contributed by atoms with van der Waals surface area (Å²) in [6, 6.07) is 5.03. The van der Waals surface area contributed by atoms with E-state index in [9.17, 15) is 0 Å². The highest BCUT2D eigenvalue weighted by molar-refractivity contribution is 7.09. The summed E-state index contributed by atoms with van der Waals surface area (Å²) < 4.78 is 0. The minimum absolute atomic E-state index is 0.609. The maximum Gasteiger partial charge on any atom is 0.0276 e. The molecule has 1 unspecified atom stereocenters. The van der Waals surface area contributed by atoms with E-state index in [2.05, 4.69) is 36.0 Å². The summed E-state index contributed by atoms with van der Waals surface area (Å²) in [6.45, 7) is 0. The molecule has 0 saturated heterocycles. The standard InChI is InChI=1S/C17H27NS/c1-18-17(13-7-11-16-12-8-14-19-16)15-9-5-3-2-4-6-10-15/h8-9,12,14,17-18H,2-7,10-11,13H2,1H3/b15-9+. The van der Waals surface area contributed by atoms with Gasteiger partial charge in [0.1, 0.15) is 0 Å². The van der Waals surface area contributed by atoms with Crippen LogP contribution in [0.25, 0.3) is 0 Å². The van der Waals surface area contributed by atoms with Crippen molar-refractivity contribution in [2.24, 2.45) is 0 Å². The van der Waals surface area contributed by atoms with Gasteiger partial charge in [0.05, 0.1) is 0 Å². The van der Waals surface area contributed by atoms with Crippen molar-refractivity contribution in [1.29, 1.82) is 0 Å². The highest BCUT2D eigenvalue weighted by Crippen LogP contribution is 2.22. The zero-order valence-electron chi connectivity index (χ0n) is 12.2. The van der Waals surface area contributed by atoms with Crippen molar-refractivity contribution in [3.05, 3.63) is 34.0 Å². The predicted molar refractivity (Wildman–Crippen MR) is 85.9 cm³/mol. The van der Waals surface area contributed by atoms with E-state index < -0.39 is 0 Å². The van der Waals surface area contributed by atoms with E-state index in [1.165, 1.54) is 62.7 Å². The van der Waals surface area contributed by atoms with Gasteiger partial charge in [-0.3, -0.25) is 0 Å². The minimum Gasteiger partial charge on any atom is -0.313 e. The Kier molecular flexibility index (Phi) is 6.66. The van der Waals surface area contributed by atoms with Gasteiger partial charge in [-0.2, -0.15) is 0 Å². The lowest BCUT2D eigenvalue weighted by atomic mass is 9.92. The fourth-order valence-corrected chi connectivity index (χ4v) is 3.73. The van der Waals surface area contributed by atoms with Gasteiger partial charge >= 0.3 is 0 Å². The first-order valence-electron chi connectivity index (χ1n) is 7.78. The molecule has 0 aromatic carbocycles. The Morgan fingerprint density at radius 3 is 2.95 bits per heavy atom. The molecule has 1 aliphatic carbocycles. The van der Waals surface area contributed by atoms with E-state index >= 15 is 0 Å². The monoisotopic (exact) mass is 277 g/mol. The lowest BCUT2D eigenvalue weighted by Crippen LogP contribution is -2.27. The Morgan fingerprint density at radius 2 is 2.16 bits per heavy atom. The molecule has 1 heterocycles. The van der Waals surface area contributed by atoms with Crippen molar-refractivity contribution in [1.82, 2.24) is 5.32 Å². The van der Waals surface area contributed by atoms with Gasteiger partial charge in [-0.15, -0.1) is 11.3 Å². The van der Waals surface area contributed by atoms with Gasteiger partial charge in [0, 0.05) is 10.9 Å². The number of likely N-dealkylation sites (N-methyl/N-ethyl adjacent to an activating group) is 1. The van der Waals surface area contributed by atoms with Crippen molar-refractivity contribution in [3.8, 4) is 0 Å². The highest BCUT2D eigenvalue weighted by Gasteiger charge is 2.13. The molecule has 19 heavy (non-hydrogen) atoms. The summed E-state index contributed by atoms with van der Waals surface area (Å²) in [5.41, 5.74) is 1.67. The second-order valence-corrected chi connectivity index (χ2v) is 6.58. The molecule has 0 radical (unpaired) electrons. The Morgan fingerprint density at radius 1 is 1.26 bits per heavy atom. The molecule has 1 atom stereocenters. The van der Waals surface area contributed by atoms with Crippen LogP contribution in [0.15, 0.2) is 29.2 Å². The zero-order chi connectivity index (χ0) is 13.3. The average Bonchev–Trinajstić information content (AvgIpc) is 2.88. The molecule has 0 saturated carbocycles. The first-order valence-corrected chi connectivity index (χ1v) is 8.66. The lowest BCUT2D eigenvalue weighted by molar-refractivity contribution is 0.522. The third-order valence-electron chi connectivity index (χ3n) is 4.12. The van der Waals surface area contributed by atoms with Gasteiger partial charge in [-0.1, -0.05) is 30.6 Å². The maximum atomic E-state index is 3.54. The predicted octanol–water partition coefficient (Wildman–Crippen LogP) is 4.94. The minimum atomic E-state index is 0.609. The van der Waals surface area contributed by atoms with Crippen LogP contribution in [-0.2, 0) is 6.42 Å².